The van der Waals surface area contributed by atoms with Crippen molar-refractivity contribution in [2.45, 2.75) is 70.1 Å². The summed E-state index contributed by atoms with van der Waals surface area (Å²) < 4.78 is 11.8. The van der Waals surface area contributed by atoms with Crippen molar-refractivity contribution in [3.63, 3.8) is 0 Å². The van der Waals surface area contributed by atoms with E-state index in [1.807, 2.05) is 14.0 Å². The van der Waals surface area contributed by atoms with Gasteiger partial charge >= 0.3 is 0 Å². The molecule has 0 amide bonds. The van der Waals surface area contributed by atoms with Gasteiger partial charge in [0.2, 0.25) is 0 Å². The van der Waals surface area contributed by atoms with Crippen molar-refractivity contribution in [1.82, 2.24) is 0 Å². The van der Waals surface area contributed by atoms with Crippen LogP contribution in [0.2, 0.25) is 0 Å². The number of rotatable bonds is 4. The number of amidine groups is 1. The summed E-state index contributed by atoms with van der Waals surface area (Å²) in [5, 5.41) is 0. The van der Waals surface area contributed by atoms with Crippen LogP contribution in [0.3, 0.4) is 0 Å². The fourth-order valence-corrected chi connectivity index (χ4v) is 5.61. The molecule has 0 aromatic heterocycles. The van der Waals surface area contributed by atoms with E-state index in [9.17, 15) is 0 Å². The van der Waals surface area contributed by atoms with Crippen LogP contribution in [-0.4, -0.2) is 31.4 Å². The zero-order valence-corrected chi connectivity index (χ0v) is 17.0. The number of nitrogens with zero attached hydrogens (tertiary/aromatic N) is 2. The van der Waals surface area contributed by atoms with Gasteiger partial charge in [0.05, 0.1) is 18.4 Å². The van der Waals surface area contributed by atoms with Gasteiger partial charge in [-0.2, -0.15) is 0 Å². The van der Waals surface area contributed by atoms with Crippen LogP contribution < -0.4 is 10.5 Å². The van der Waals surface area contributed by atoms with Gasteiger partial charge in [-0.1, -0.05) is 12.5 Å². The Morgan fingerprint density at radius 1 is 1.14 bits per heavy atom. The summed E-state index contributed by atoms with van der Waals surface area (Å²) in [7, 11) is 1.82. The highest BCUT2D eigenvalue weighted by Crippen LogP contribution is 2.62. The molecule has 5 nitrogen and oxygen atoms in total. The Labute approximate surface area is 167 Å². The lowest BCUT2D eigenvalue weighted by Gasteiger charge is -2.44. The molecule has 0 bridgehead atoms. The number of hydrogen-bond acceptors (Lipinski definition) is 5. The van der Waals surface area contributed by atoms with E-state index >= 15 is 0 Å². The van der Waals surface area contributed by atoms with Crippen LogP contribution in [0.25, 0.3) is 0 Å². The lowest BCUT2D eigenvalue weighted by Crippen LogP contribution is -2.43. The molecule has 5 heteroatoms. The SMILES string of the molecule is CO[C@H]1CC[C@]2(CC1)Cc1ccc(OCC3CCC3)cc1[C@]21N=C(C)C(N)=N1. The number of fused-ring (bicyclic) bond motifs is 3. The van der Waals surface area contributed by atoms with E-state index in [2.05, 4.69) is 18.2 Å². The third-order valence-corrected chi connectivity index (χ3v) is 7.64. The second-order valence-corrected chi connectivity index (χ2v) is 9.19. The van der Waals surface area contributed by atoms with Crippen molar-refractivity contribution in [3.05, 3.63) is 29.3 Å². The van der Waals surface area contributed by atoms with Crippen molar-refractivity contribution < 1.29 is 9.47 Å². The van der Waals surface area contributed by atoms with Crippen molar-refractivity contribution in [3.8, 4) is 5.75 Å². The van der Waals surface area contributed by atoms with Gasteiger partial charge in [0.25, 0.3) is 0 Å². The van der Waals surface area contributed by atoms with Gasteiger partial charge in [-0.05, 0) is 75.5 Å². The average Bonchev–Trinajstić information content (AvgIpc) is 3.10. The highest BCUT2D eigenvalue weighted by atomic mass is 16.5. The third kappa shape index (κ3) is 2.62. The van der Waals surface area contributed by atoms with Gasteiger partial charge in [0.1, 0.15) is 11.6 Å². The van der Waals surface area contributed by atoms with E-state index in [0.717, 1.165) is 56.1 Å². The van der Waals surface area contributed by atoms with E-state index < -0.39 is 5.66 Å². The second-order valence-electron chi connectivity index (χ2n) is 9.19. The maximum Gasteiger partial charge on any atom is 0.184 e. The van der Waals surface area contributed by atoms with Crippen LogP contribution in [0.1, 0.15) is 63.0 Å². The normalized spacial score (nSPS) is 34.3. The Kier molecular flexibility index (Phi) is 4.27. The standard InChI is InChI=1S/C23H31N3O2/c1-15-21(24)26-23(25-15)20-12-19(28-14-16-4-3-5-16)7-6-17(20)13-22(23)10-8-18(27-2)9-11-22/h6-7,12,16,18H,3-5,8-11,13-14H2,1-2H3,(H2,24,26)/t18-,22-,23-/m1/s1. The Balaban J connectivity index is 1.51. The summed E-state index contributed by atoms with van der Waals surface area (Å²) in [6.45, 7) is 2.80. The molecule has 1 aromatic carbocycles. The van der Waals surface area contributed by atoms with Gasteiger partial charge in [0.15, 0.2) is 5.66 Å². The Morgan fingerprint density at radius 3 is 2.54 bits per heavy atom. The predicted octanol–water partition coefficient (Wildman–Crippen LogP) is 3.98. The van der Waals surface area contributed by atoms with Gasteiger partial charge in [0, 0.05) is 18.1 Å². The first-order valence-corrected chi connectivity index (χ1v) is 10.8. The number of aliphatic imine (C=N–C) groups is 2. The van der Waals surface area contributed by atoms with Gasteiger partial charge < -0.3 is 15.2 Å². The molecular formula is C23H31N3O2. The molecule has 2 spiro atoms. The molecule has 28 heavy (non-hydrogen) atoms. The Bertz CT molecular complexity index is 814. The molecule has 0 radical (unpaired) electrons. The fraction of sp³-hybridized carbons (Fsp3) is 0.652. The number of benzene rings is 1. The minimum absolute atomic E-state index is 0.000656. The lowest BCUT2D eigenvalue weighted by molar-refractivity contribution is -0.000406. The van der Waals surface area contributed by atoms with Crippen LogP contribution in [0.4, 0.5) is 0 Å². The van der Waals surface area contributed by atoms with Crippen LogP contribution in [0.15, 0.2) is 28.2 Å². The number of nitrogens with two attached hydrogens (primary N) is 1. The maximum atomic E-state index is 6.26. The first-order chi connectivity index (χ1) is 13.6. The number of hydrogen-bond donors (Lipinski definition) is 1. The van der Waals surface area contributed by atoms with E-state index in [1.165, 1.54) is 30.4 Å². The fourth-order valence-electron chi connectivity index (χ4n) is 5.61. The molecule has 2 fully saturated rings. The molecule has 0 saturated heterocycles. The topological polar surface area (TPSA) is 69.2 Å². The molecular weight excluding hydrogens is 350 g/mol. The number of methoxy groups -OCH3 is 1. The highest BCUT2D eigenvalue weighted by molar-refractivity contribution is 6.41. The summed E-state index contributed by atoms with van der Waals surface area (Å²) in [5.41, 5.74) is 9.09. The summed E-state index contributed by atoms with van der Waals surface area (Å²) in [4.78, 5) is 10.2. The average molecular weight is 382 g/mol. The van der Waals surface area contributed by atoms with Crippen LogP contribution in [0.5, 0.6) is 5.75 Å². The summed E-state index contributed by atoms with van der Waals surface area (Å²) >= 11 is 0. The molecule has 1 aliphatic heterocycles. The molecule has 2 N–H and O–H groups in total. The molecule has 0 unspecified atom stereocenters. The molecule has 3 aliphatic carbocycles. The molecule has 1 heterocycles. The minimum Gasteiger partial charge on any atom is -0.493 e. The van der Waals surface area contributed by atoms with E-state index in [-0.39, 0.29) is 5.41 Å². The van der Waals surface area contributed by atoms with E-state index in [1.54, 1.807) is 0 Å². The van der Waals surface area contributed by atoms with Gasteiger partial charge in [-0.15, -0.1) is 0 Å². The lowest BCUT2D eigenvalue weighted by atomic mass is 9.65. The van der Waals surface area contributed by atoms with Crippen molar-refractivity contribution in [2.75, 3.05) is 13.7 Å². The second kappa shape index (κ2) is 6.58. The summed E-state index contributed by atoms with van der Waals surface area (Å²) in [6, 6.07) is 6.56. The van der Waals surface area contributed by atoms with Crippen molar-refractivity contribution in [1.29, 1.82) is 0 Å². The molecule has 4 aliphatic rings. The van der Waals surface area contributed by atoms with Crippen LogP contribution in [0, 0.1) is 11.3 Å². The molecule has 2 saturated carbocycles. The van der Waals surface area contributed by atoms with Crippen molar-refractivity contribution >= 4 is 11.5 Å². The summed E-state index contributed by atoms with van der Waals surface area (Å²) in [6.07, 6.45) is 9.52. The third-order valence-electron chi connectivity index (χ3n) is 7.64. The maximum absolute atomic E-state index is 6.26. The quantitative estimate of drug-likeness (QED) is 0.858. The smallest absolute Gasteiger partial charge is 0.184 e. The molecule has 1 atom stereocenters. The first-order valence-electron chi connectivity index (χ1n) is 10.8. The summed E-state index contributed by atoms with van der Waals surface area (Å²) in [5.74, 6) is 2.25. The van der Waals surface area contributed by atoms with Gasteiger partial charge in [-0.25, -0.2) is 4.99 Å². The highest BCUT2D eigenvalue weighted by Gasteiger charge is 2.60. The van der Waals surface area contributed by atoms with Crippen LogP contribution >= 0.6 is 0 Å². The van der Waals surface area contributed by atoms with Crippen molar-refractivity contribution in [2.24, 2.45) is 27.1 Å². The first kappa shape index (κ1) is 18.2. The Hall–Kier alpha value is -1.88. The monoisotopic (exact) mass is 381 g/mol. The van der Waals surface area contributed by atoms with E-state index in [4.69, 9.17) is 25.2 Å². The largest absolute Gasteiger partial charge is 0.493 e. The minimum atomic E-state index is -0.578. The molecule has 1 aromatic rings. The van der Waals surface area contributed by atoms with Crippen LogP contribution in [-0.2, 0) is 16.8 Å². The molecule has 5 rings (SSSR count). The zero-order chi connectivity index (χ0) is 19.4. The molecule has 150 valence electrons. The number of ether oxygens (including phenoxy) is 2. The zero-order valence-electron chi connectivity index (χ0n) is 17.0. The Morgan fingerprint density at radius 2 is 1.93 bits per heavy atom. The predicted molar refractivity (Wildman–Crippen MR) is 111 cm³/mol. The van der Waals surface area contributed by atoms with E-state index in [0.29, 0.717) is 11.9 Å². The van der Waals surface area contributed by atoms with Gasteiger partial charge in [-0.3, -0.25) is 4.99 Å².